The third-order valence-corrected chi connectivity index (χ3v) is 4.45. The SMILES string of the molecule is NCC1(C(O)c2cccc3ccccc23)CCC1. The van der Waals surface area contributed by atoms with Crippen LogP contribution >= 0.6 is 0 Å². The minimum atomic E-state index is -0.442. The fraction of sp³-hybridized carbons (Fsp3) is 0.375. The summed E-state index contributed by atoms with van der Waals surface area (Å²) in [6, 6.07) is 14.3. The summed E-state index contributed by atoms with van der Waals surface area (Å²) in [5.74, 6) is 0. The highest BCUT2D eigenvalue weighted by Gasteiger charge is 2.43. The van der Waals surface area contributed by atoms with Crippen molar-refractivity contribution in [2.75, 3.05) is 6.54 Å². The van der Waals surface area contributed by atoms with Gasteiger partial charge in [0.05, 0.1) is 6.10 Å². The molecule has 0 radical (unpaired) electrons. The Morgan fingerprint density at radius 2 is 1.83 bits per heavy atom. The minimum Gasteiger partial charge on any atom is -0.388 e. The molecule has 2 aromatic rings. The smallest absolute Gasteiger partial charge is 0.0864 e. The number of hydrogen-bond acceptors (Lipinski definition) is 2. The Balaban J connectivity index is 2.09. The van der Waals surface area contributed by atoms with Crippen molar-refractivity contribution in [1.82, 2.24) is 0 Å². The molecule has 3 rings (SSSR count). The molecule has 1 fully saturated rings. The summed E-state index contributed by atoms with van der Waals surface area (Å²) >= 11 is 0. The Morgan fingerprint density at radius 1 is 1.11 bits per heavy atom. The molecule has 1 aliphatic rings. The van der Waals surface area contributed by atoms with Crippen LogP contribution in [-0.4, -0.2) is 11.7 Å². The van der Waals surface area contributed by atoms with Gasteiger partial charge >= 0.3 is 0 Å². The van der Waals surface area contributed by atoms with Crippen molar-refractivity contribution < 1.29 is 5.11 Å². The second kappa shape index (κ2) is 4.38. The molecule has 0 amide bonds. The maximum Gasteiger partial charge on any atom is 0.0864 e. The van der Waals surface area contributed by atoms with Gasteiger partial charge in [0.15, 0.2) is 0 Å². The van der Waals surface area contributed by atoms with E-state index in [0.717, 1.165) is 23.8 Å². The van der Waals surface area contributed by atoms with Gasteiger partial charge in [-0.05, 0) is 29.2 Å². The Kier molecular flexibility index (Phi) is 2.84. The van der Waals surface area contributed by atoms with E-state index in [1.807, 2.05) is 24.3 Å². The van der Waals surface area contributed by atoms with Crippen LogP contribution in [0.25, 0.3) is 10.8 Å². The molecule has 2 nitrogen and oxygen atoms in total. The van der Waals surface area contributed by atoms with Gasteiger partial charge in [-0.3, -0.25) is 0 Å². The summed E-state index contributed by atoms with van der Waals surface area (Å²) in [6.07, 6.45) is 2.81. The number of nitrogens with two attached hydrogens (primary N) is 1. The molecule has 1 atom stereocenters. The lowest BCUT2D eigenvalue weighted by molar-refractivity contribution is -0.0288. The van der Waals surface area contributed by atoms with Gasteiger partial charge < -0.3 is 10.8 Å². The number of aliphatic hydroxyl groups excluding tert-OH is 1. The van der Waals surface area contributed by atoms with E-state index in [4.69, 9.17) is 5.73 Å². The van der Waals surface area contributed by atoms with Crippen LogP contribution in [0.5, 0.6) is 0 Å². The molecular weight excluding hydrogens is 222 g/mol. The number of aliphatic hydroxyl groups is 1. The van der Waals surface area contributed by atoms with Crippen LogP contribution in [0, 0.1) is 5.41 Å². The maximum absolute atomic E-state index is 10.7. The van der Waals surface area contributed by atoms with Crippen molar-refractivity contribution in [3.05, 3.63) is 48.0 Å². The van der Waals surface area contributed by atoms with Gasteiger partial charge in [0.25, 0.3) is 0 Å². The van der Waals surface area contributed by atoms with E-state index in [1.165, 1.54) is 11.8 Å². The highest BCUT2D eigenvalue weighted by Crippen LogP contribution is 2.50. The second-order valence-corrected chi connectivity index (χ2v) is 5.39. The molecule has 2 aromatic carbocycles. The molecule has 0 heterocycles. The third kappa shape index (κ3) is 1.64. The van der Waals surface area contributed by atoms with E-state index in [2.05, 4.69) is 18.2 Å². The summed E-state index contributed by atoms with van der Waals surface area (Å²) < 4.78 is 0. The molecule has 0 saturated heterocycles. The summed E-state index contributed by atoms with van der Waals surface area (Å²) in [6.45, 7) is 0.567. The Morgan fingerprint density at radius 3 is 2.50 bits per heavy atom. The van der Waals surface area contributed by atoms with Crippen molar-refractivity contribution in [3.63, 3.8) is 0 Å². The number of hydrogen-bond donors (Lipinski definition) is 2. The third-order valence-electron chi connectivity index (χ3n) is 4.45. The zero-order valence-electron chi connectivity index (χ0n) is 10.5. The predicted molar refractivity (Wildman–Crippen MR) is 74.2 cm³/mol. The molecular formula is C16H19NO. The number of fused-ring (bicyclic) bond motifs is 1. The van der Waals surface area contributed by atoms with Gasteiger partial charge in [0, 0.05) is 12.0 Å². The van der Waals surface area contributed by atoms with E-state index in [-0.39, 0.29) is 5.41 Å². The minimum absolute atomic E-state index is 0.0931. The average molecular weight is 241 g/mol. The van der Waals surface area contributed by atoms with Crippen LogP contribution < -0.4 is 5.73 Å². The lowest BCUT2D eigenvalue weighted by Crippen LogP contribution is -2.42. The quantitative estimate of drug-likeness (QED) is 0.867. The van der Waals surface area contributed by atoms with Crippen molar-refractivity contribution in [3.8, 4) is 0 Å². The van der Waals surface area contributed by atoms with Crippen LogP contribution in [0.1, 0.15) is 30.9 Å². The standard InChI is InChI=1S/C16H19NO/c17-11-16(9-4-10-16)15(18)14-8-3-6-12-5-1-2-7-13(12)14/h1-3,5-8,15,18H,4,9-11,17H2. The zero-order valence-corrected chi connectivity index (χ0v) is 10.5. The fourth-order valence-corrected chi connectivity index (χ4v) is 3.04. The molecule has 94 valence electrons. The summed E-state index contributed by atoms with van der Waals surface area (Å²) in [5.41, 5.74) is 6.82. The monoisotopic (exact) mass is 241 g/mol. The first-order valence-corrected chi connectivity index (χ1v) is 6.63. The van der Waals surface area contributed by atoms with Crippen LogP contribution in [0.4, 0.5) is 0 Å². The Labute approximate surface area is 107 Å². The zero-order chi connectivity index (χ0) is 12.6. The molecule has 2 heteroatoms. The Hall–Kier alpha value is -1.38. The molecule has 0 bridgehead atoms. The van der Waals surface area contributed by atoms with E-state index < -0.39 is 6.10 Å². The van der Waals surface area contributed by atoms with Gasteiger partial charge in [-0.25, -0.2) is 0 Å². The lowest BCUT2D eigenvalue weighted by Gasteiger charge is -2.45. The summed E-state index contributed by atoms with van der Waals surface area (Å²) in [5, 5.41) is 13.0. The largest absolute Gasteiger partial charge is 0.388 e. The fourth-order valence-electron chi connectivity index (χ4n) is 3.04. The lowest BCUT2D eigenvalue weighted by atomic mass is 9.63. The molecule has 1 unspecified atom stereocenters. The second-order valence-electron chi connectivity index (χ2n) is 5.39. The van der Waals surface area contributed by atoms with Gasteiger partial charge in [0.2, 0.25) is 0 Å². The van der Waals surface area contributed by atoms with Crippen molar-refractivity contribution in [1.29, 1.82) is 0 Å². The summed E-state index contributed by atoms with van der Waals surface area (Å²) in [4.78, 5) is 0. The van der Waals surface area contributed by atoms with Gasteiger partial charge in [-0.1, -0.05) is 48.9 Å². The van der Waals surface area contributed by atoms with Crippen molar-refractivity contribution in [2.24, 2.45) is 11.1 Å². The molecule has 0 spiro atoms. The highest BCUT2D eigenvalue weighted by molar-refractivity contribution is 5.86. The van der Waals surface area contributed by atoms with Gasteiger partial charge in [-0.2, -0.15) is 0 Å². The topological polar surface area (TPSA) is 46.2 Å². The first kappa shape index (κ1) is 11.7. The van der Waals surface area contributed by atoms with Crippen LogP contribution in [0.3, 0.4) is 0 Å². The highest BCUT2D eigenvalue weighted by atomic mass is 16.3. The summed E-state index contributed by atoms with van der Waals surface area (Å²) in [7, 11) is 0. The first-order chi connectivity index (χ1) is 8.77. The van der Waals surface area contributed by atoms with Gasteiger partial charge in [-0.15, -0.1) is 0 Å². The Bertz CT molecular complexity index is 549. The number of rotatable bonds is 3. The van der Waals surface area contributed by atoms with Crippen LogP contribution in [-0.2, 0) is 0 Å². The first-order valence-electron chi connectivity index (χ1n) is 6.63. The normalized spacial score (nSPS) is 19.4. The molecule has 1 saturated carbocycles. The van der Waals surface area contributed by atoms with E-state index in [1.54, 1.807) is 0 Å². The van der Waals surface area contributed by atoms with E-state index in [9.17, 15) is 5.11 Å². The molecule has 3 N–H and O–H groups in total. The van der Waals surface area contributed by atoms with E-state index >= 15 is 0 Å². The molecule has 0 aromatic heterocycles. The average Bonchev–Trinajstić information content (AvgIpc) is 2.37. The molecule has 18 heavy (non-hydrogen) atoms. The molecule has 0 aliphatic heterocycles. The van der Waals surface area contributed by atoms with Crippen LogP contribution in [0.15, 0.2) is 42.5 Å². The van der Waals surface area contributed by atoms with Crippen molar-refractivity contribution >= 4 is 10.8 Å². The van der Waals surface area contributed by atoms with Crippen LogP contribution in [0.2, 0.25) is 0 Å². The molecule has 1 aliphatic carbocycles. The van der Waals surface area contributed by atoms with Gasteiger partial charge in [0.1, 0.15) is 0 Å². The van der Waals surface area contributed by atoms with Crippen molar-refractivity contribution in [2.45, 2.75) is 25.4 Å². The predicted octanol–water partition coefficient (Wildman–Crippen LogP) is 3.00. The van der Waals surface area contributed by atoms with E-state index in [0.29, 0.717) is 6.54 Å². The number of benzene rings is 2. The maximum atomic E-state index is 10.7.